The molecule has 3 N–H and O–H groups in total. The van der Waals surface area contributed by atoms with E-state index in [4.69, 9.17) is 9.92 Å². The molecule has 92 valence electrons. The number of rotatable bonds is 1. The summed E-state index contributed by atoms with van der Waals surface area (Å²) in [5, 5.41) is 9.24. The summed E-state index contributed by atoms with van der Waals surface area (Å²) in [4.78, 5) is 0. The van der Waals surface area contributed by atoms with Crippen molar-refractivity contribution in [2.75, 3.05) is 5.73 Å². The molecule has 3 rings (SSSR count). The molecule has 0 saturated heterocycles. The minimum Gasteiger partial charge on any atom is -0.425 e. The molecular weight excluding hydrogens is 246 g/mol. The van der Waals surface area contributed by atoms with Crippen molar-refractivity contribution in [2.24, 2.45) is 0 Å². The van der Waals surface area contributed by atoms with Gasteiger partial charge in [0.15, 0.2) is 0 Å². The Labute approximate surface area is 110 Å². The Hall–Kier alpha value is -1.65. The van der Waals surface area contributed by atoms with E-state index in [0.29, 0.717) is 0 Å². The molecule has 2 aromatic rings. The van der Waals surface area contributed by atoms with Gasteiger partial charge in [-0.3, -0.25) is 0 Å². The Morgan fingerprint density at radius 2 is 2.11 bits per heavy atom. The van der Waals surface area contributed by atoms with Gasteiger partial charge in [-0.15, -0.1) is 0 Å². The maximum absolute atomic E-state index is 9.24. The highest BCUT2D eigenvalue weighted by atomic mass is 32.2. The minimum absolute atomic E-state index is 0.0259. The second kappa shape index (κ2) is 4.55. The number of anilines is 1. The van der Waals surface area contributed by atoms with Crippen LogP contribution in [0.2, 0.25) is 0 Å². The maximum Gasteiger partial charge on any atom is 0.145 e. The smallest absolute Gasteiger partial charge is 0.145 e. The van der Waals surface area contributed by atoms with E-state index < -0.39 is 0 Å². The first kappa shape index (κ1) is 11.4. The Bertz CT molecular complexity index is 598. The van der Waals surface area contributed by atoms with Crippen molar-refractivity contribution < 1.29 is 9.29 Å². The van der Waals surface area contributed by atoms with E-state index in [1.807, 2.05) is 36.4 Å². The summed E-state index contributed by atoms with van der Waals surface area (Å²) < 4.78 is 5.66. The highest BCUT2D eigenvalue weighted by Gasteiger charge is 2.18. The van der Waals surface area contributed by atoms with Gasteiger partial charge < -0.3 is 15.0 Å². The predicted molar refractivity (Wildman–Crippen MR) is 74.1 cm³/mol. The first-order valence-electron chi connectivity index (χ1n) is 5.70. The van der Waals surface area contributed by atoms with Gasteiger partial charge in [0, 0.05) is 11.3 Å². The molecule has 0 saturated carbocycles. The molecule has 1 aliphatic rings. The molecule has 1 heterocycles. The molecule has 0 atom stereocenters. The molecule has 0 radical (unpaired) electrons. The number of nitrogens with two attached hydrogens (primary N) is 1. The Morgan fingerprint density at radius 1 is 1.22 bits per heavy atom. The Balaban J connectivity index is 2.25. The van der Waals surface area contributed by atoms with Crippen LogP contribution in [0.5, 0.6) is 5.75 Å². The summed E-state index contributed by atoms with van der Waals surface area (Å²) in [5.74, 6) is 1.55. The number of nitrogen functional groups attached to an aromatic ring is 1. The van der Waals surface area contributed by atoms with Crippen LogP contribution in [-0.2, 0) is 12.4 Å². The molecular formula is C14H13NO2S. The molecule has 0 aliphatic carbocycles. The Kier molecular flexibility index (Phi) is 2.89. The molecule has 1 aliphatic heterocycles. The monoisotopic (exact) mass is 259 g/mol. The molecule has 0 bridgehead atoms. The van der Waals surface area contributed by atoms with Crippen molar-refractivity contribution in [3.8, 4) is 16.9 Å². The fourth-order valence-corrected chi connectivity index (χ4v) is 2.90. The van der Waals surface area contributed by atoms with Gasteiger partial charge in [-0.1, -0.05) is 18.2 Å². The first-order chi connectivity index (χ1) is 8.79. The molecule has 0 fully saturated rings. The number of aliphatic hydroxyl groups excluding tert-OH is 1. The van der Waals surface area contributed by atoms with Crippen LogP contribution in [-0.4, -0.2) is 5.11 Å². The van der Waals surface area contributed by atoms with Gasteiger partial charge in [-0.2, -0.15) is 0 Å². The van der Waals surface area contributed by atoms with E-state index in [-0.39, 0.29) is 6.61 Å². The predicted octanol–water partition coefficient (Wildman–Crippen LogP) is 2.97. The van der Waals surface area contributed by atoms with Gasteiger partial charge in [0.2, 0.25) is 0 Å². The number of fused-ring (bicyclic) bond motifs is 3. The third-order valence-electron chi connectivity index (χ3n) is 3.08. The average Bonchev–Trinajstić information content (AvgIpc) is 2.58. The third kappa shape index (κ3) is 1.83. The highest BCUT2D eigenvalue weighted by Crippen LogP contribution is 2.41. The molecule has 0 spiro atoms. The van der Waals surface area contributed by atoms with Crippen LogP contribution < -0.4 is 9.92 Å². The second-order valence-corrected chi connectivity index (χ2v) is 4.90. The van der Waals surface area contributed by atoms with Crippen molar-refractivity contribution in [3.63, 3.8) is 0 Å². The molecule has 18 heavy (non-hydrogen) atoms. The SMILES string of the molecule is Nc1cccc2c1CSOc1ccc(CO)cc1-2. The van der Waals surface area contributed by atoms with E-state index in [9.17, 15) is 5.11 Å². The summed E-state index contributed by atoms with van der Waals surface area (Å²) in [6.45, 7) is 0.0259. The van der Waals surface area contributed by atoms with E-state index in [1.165, 1.54) is 12.0 Å². The molecule has 3 nitrogen and oxygen atoms in total. The minimum atomic E-state index is 0.0259. The van der Waals surface area contributed by atoms with Crippen LogP contribution in [0.15, 0.2) is 36.4 Å². The summed E-state index contributed by atoms with van der Waals surface area (Å²) in [7, 11) is 0. The molecule has 0 amide bonds. The van der Waals surface area contributed by atoms with Gasteiger partial charge in [-0.25, -0.2) is 0 Å². The fourth-order valence-electron chi connectivity index (χ4n) is 2.13. The molecule has 2 aromatic carbocycles. The van der Waals surface area contributed by atoms with Crippen molar-refractivity contribution in [2.45, 2.75) is 12.4 Å². The summed E-state index contributed by atoms with van der Waals surface area (Å²) in [6.07, 6.45) is 0. The summed E-state index contributed by atoms with van der Waals surface area (Å²) in [5.41, 5.74) is 10.9. The lowest BCUT2D eigenvalue weighted by molar-refractivity contribution is 0.282. The lowest BCUT2D eigenvalue weighted by Gasteiger charge is -2.10. The number of hydrogen-bond donors (Lipinski definition) is 2. The van der Waals surface area contributed by atoms with E-state index in [0.717, 1.165) is 39.4 Å². The zero-order valence-electron chi connectivity index (χ0n) is 9.72. The number of benzene rings is 2. The zero-order valence-corrected chi connectivity index (χ0v) is 10.5. The standard InChI is InChI=1S/C14H13NO2S/c15-13-3-1-2-10-11-6-9(7-16)4-5-14(11)17-18-8-12(10)13/h1-6,16H,7-8,15H2. The van der Waals surface area contributed by atoms with Crippen molar-refractivity contribution in [1.82, 2.24) is 0 Å². The molecule has 0 aromatic heterocycles. The fraction of sp³-hybridized carbons (Fsp3) is 0.143. The quantitative estimate of drug-likeness (QED) is 0.610. The van der Waals surface area contributed by atoms with E-state index in [1.54, 1.807) is 0 Å². The number of hydrogen-bond acceptors (Lipinski definition) is 4. The molecule has 0 unspecified atom stereocenters. The van der Waals surface area contributed by atoms with Gasteiger partial charge >= 0.3 is 0 Å². The number of aliphatic hydroxyl groups is 1. The van der Waals surface area contributed by atoms with Crippen molar-refractivity contribution >= 4 is 17.7 Å². The Morgan fingerprint density at radius 3 is 2.94 bits per heavy atom. The summed E-state index contributed by atoms with van der Waals surface area (Å²) in [6, 6.07) is 11.6. The zero-order chi connectivity index (χ0) is 12.5. The van der Waals surface area contributed by atoms with Crippen molar-refractivity contribution in [3.05, 3.63) is 47.5 Å². The van der Waals surface area contributed by atoms with E-state index >= 15 is 0 Å². The first-order valence-corrected chi connectivity index (χ1v) is 6.61. The normalized spacial score (nSPS) is 13.2. The largest absolute Gasteiger partial charge is 0.425 e. The van der Waals surface area contributed by atoms with Crippen molar-refractivity contribution in [1.29, 1.82) is 0 Å². The van der Waals surface area contributed by atoms with Gasteiger partial charge in [0.05, 0.1) is 24.4 Å². The highest BCUT2D eigenvalue weighted by molar-refractivity contribution is 7.94. The van der Waals surface area contributed by atoms with Crippen LogP contribution in [0, 0.1) is 0 Å². The molecule has 4 heteroatoms. The van der Waals surface area contributed by atoms with Crippen LogP contribution in [0.4, 0.5) is 5.69 Å². The van der Waals surface area contributed by atoms with Crippen LogP contribution >= 0.6 is 12.0 Å². The van der Waals surface area contributed by atoms with E-state index in [2.05, 4.69) is 0 Å². The average molecular weight is 259 g/mol. The maximum atomic E-state index is 9.24. The topological polar surface area (TPSA) is 55.5 Å². The van der Waals surface area contributed by atoms with Crippen LogP contribution in [0.1, 0.15) is 11.1 Å². The van der Waals surface area contributed by atoms with Gasteiger partial charge in [-0.05, 0) is 34.9 Å². The van der Waals surface area contributed by atoms with Gasteiger partial charge in [0.25, 0.3) is 0 Å². The lowest BCUT2D eigenvalue weighted by atomic mass is 9.97. The van der Waals surface area contributed by atoms with Gasteiger partial charge in [0.1, 0.15) is 5.75 Å². The van der Waals surface area contributed by atoms with Crippen LogP contribution in [0.25, 0.3) is 11.1 Å². The second-order valence-electron chi connectivity index (χ2n) is 4.21. The third-order valence-corrected chi connectivity index (χ3v) is 3.78. The van der Waals surface area contributed by atoms with Crippen LogP contribution in [0.3, 0.4) is 0 Å². The lowest BCUT2D eigenvalue weighted by Crippen LogP contribution is -1.94. The summed E-state index contributed by atoms with van der Waals surface area (Å²) >= 11 is 1.39.